The lowest BCUT2D eigenvalue weighted by molar-refractivity contribution is 0.358. The third kappa shape index (κ3) is 4.38. The fourth-order valence-electron chi connectivity index (χ4n) is 1.45. The third-order valence-electron chi connectivity index (χ3n) is 2.77. The molecule has 0 fully saturated rings. The molecule has 0 saturated heterocycles. The highest BCUT2D eigenvalue weighted by molar-refractivity contribution is 7.89. The normalized spacial score (nSPS) is 12.0. The zero-order valence-electron chi connectivity index (χ0n) is 10.9. The van der Waals surface area contributed by atoms with Crippen LogP contribution in [0.1, 0.15) is 12.5 Å². The Labute approximate surface area is 109 Å². The van der Waals surface area contributed by atoms with Gasteiger partial charge in [-0.3, -0.25) is 0 Å². The van der Waals surface area contributed by atoms with Crippen molar-refractivity contribution in [2.45, 2.75) is 18.4 Å². The van der Waals surface area contributed by atoms with E-state index in [2.05, 4.69) is 4.72 Å². The fourth-order valence-corrected chi connectivity index (χ4v) is 2.54. The average Bonchev–Trinajstić information content (AvgIpc) is 2.38. The topological polar surface area (TPSA) is 75.4 Å². The van der Waals surface area contributed by atoms with Crippen LogP contribution in [-0.4, -0.2) is 40.0 Å². The Morgan fingerprint density at radius 1 is 1.39 bits per heavy atom. The molecule has 0 radical (unpaired) electrons. The average molecular weight is 271 g/mol. The molecule has 6 heteroatoms. The summed E-state index contributed by atoms with van der Waals surface area (Å²) in [5.41, 5.74) is 6.31. The van der Waals surface area contributed by atoms with Gasteiger partial charge in [-0.2, -0.15) is 0 Å². The molecule has 0 heterocycles. The van der Waals surface area contributed by atoms with Gasteiger partial charge in [-0.15, -0.1) is 0 Å². The van der Waals surface area contributed by atoms with Crippen LogP contribution in [0.4, 0.5) is 0 Å². The van der Waals surface area contributed by atoms with E-state index in [0.717, 1.165) is 12.1 Å². The molecule has 0 amide bonds. The number of likely N-dealkylation sites (N-methyl/N-ethyl adjacent to an activating group) is 1. The van der Waals surface area contributed by atoms with Crippen LogP contribution >= 0.6 is 0 Å². The minimum absolute atomic E-state index is 0.268. The first-order valence-corrected chi connectivity index (χ1v) is 7.45. The monoisotopic (exact) mass is 271 g/mol. The smallest absolute Gasteiger partial charge is 0.240 e. The van der Waals surface area contributed by atoms with Crippen LogP contribution in [0, 0.1) is 0 Å². The van der Waals surface area contributed by atoms with Crippen LogP contribution in [0.3, 0.4) is 0 Å². The van der Waals surface area contributed by atoms with E-state index in [1.807, 2.05) is 24.9 Å². The number of nitrogens with two attached hydrogens (primary N) is 1. The molecule has 0 aliphatic rings. The first-order valence-electron chi connectivity index (χ1n) is 5.97. The molecule has 18 heavy (non-hydrogen) atoms. The van der Waals surface area contributed by atoms with Gasteiger partial charge < -0.3 is 10.6 Å². The molecule has 0 aromatic heterocycles. The number of nitrogens with one attached hydrogen (secondary N) is 1. The van der Waals surface area contributed by atoms with Crippen molar-refractivity contribution in [3.63, 3.8) is 0 Å². The van der Waals surface area contributed by atoms with Crippen molar-refractivity contribution >= 4 is 10.0 Å². The molecule has 0 aliphatic carbocycles. The zero-order valence-corrected chi connectivity index (χ0v) is 11.7. The zero-order chi connectivity index (χ0) is 13.6. The standard InChI is InChI=1S/C12H21N3O2S/c1-3-15(2)8-7-14-18(16,17)12-6-4-5-11(9-12)10-13/h4-6,9,14H,3,7-8,10,13H2,1-2H3. The second-order valence-corrected chi connectivity index (χ2v) is 5.91. The van der Waals surface area contributed by atoms with Crippen LogP contribution in [0.15, 0.2) is 29.2 Å². The van der Waals surface area contributed by atoms with Gasteiger partial charge in [0.15, 0.2) is 0 Å². The van der Waals surface area contributed by atoms with Crippen molar-refractivity contribution in [2.75, 3.05) is 26.7 Å². The van der Waals surface area contributed by atoms with Crippen LogP contribution in [0.5, 0.6) is 0 Å². The molecule has 0 unspecified atom stereocenters. The summed E-state index contributed by atoms with van der Waals surface area (Å²) in [6, 6.07) is 6.69. The van der Waals surface area contributed by atoms with Gasteiger partial charge >= 0.3 is 0 Å². The van der Waals surface area contributed by atoms with E-state index in [0.29, 0.717) is 19.6 Å². The lowest BCUT2D eigenvalue weighted by Crippen LogP contribution is -2.32. The van der Waals surface area contributed by atoms with Crippen molar-refractivity contribution in [1.29, 1.82) is 0 Å². The fraction of sp³-hybridized carbons (Fsp3) is 0.500. The number of hydrogen-bond donors (Lipinski definition) is 2. The Kier molecular flexibility index (Phi) is 5.74. The van der Waals surface area contributed by atoms with Crippen molar-refractivity contribution in [2.24, 2.45) is 5.73 Å². The van der Waals surface area contributed by atoms with E-state index < -0.39 is 10.0 Å². The van der Waals surface area contributed by atoms with E-state index in [4.69, 9.17) is 5.73 Å². The maximum absolute atomic E-state index is 12.0. The highest BCUT2D eigenvalue weighted by Crippen LogP contribution is 2.10. The second kappa shape index (κ2) is 6.84. The first kappa shape index (κ1) is 15.1. The van der Waals surface area contributed by atoms with Gasteiger partial charge in [0.25, 0.3) is 0 Å². The summed E-state index contributed by atoms with van der Waals surface area (Å²) in [5, 5.41) is 0. The molecular formula is C12H21N3O2S. The van der Waals surface area contributed by atoms with E-state index in [-0.39, 0.29) is 4.90 Å². The summed E-state index contributed by atoms with van der Waals surface area (Å²) in [6.07, 6.45) is 0. The Balaban J connectivity index is 2.68. The maximum atomic E-state index is 12.0. The third-order valence-corrected chi connectivity index (χ3v) is 4.23. The predicted molar refractivity (Wildman–Crippen MR) is 72.7 cm³/mol. The van der Waals surface area contributed by atoms with Gasteiger partial charge in [-0.25, -0.2) is 13.1 Å². The molecule has 1 aromatic rings. The quantitative estimate of drug-likeness (QED) is 0.751. The molecule has 5 nitrogen and oxygen atoms in total. The number of rotatable bonds is 7. The molecule has 3 N–H and O–H groups in total. The molecule has 0 spiro atoms. The summed E-state index contributed by atoms with van der Waals surface area (Å²) >= 11 is 0. The SMILES string of the molecule is CCN(C)CCNS(=O)(=O)c1cccc(CN)c1. The van der Waals surface area contributed by atoms with Crippen LogP contribution in [0.25, 0.3) is 0 Å². The first-order chi connectivity index (χ1) is 8.49. The minimum Gasteiger partial charge on any atom is -0.326 e. The van der Waals surface area contributed by atoms with Gasteiger partial charge in [0.05, 0.1) is 4.90 Å². The molecule has 0 bridgehead atoms. The van der Waals surface area contributed by atoms with Gasteiger partial charge in [-0.1, -0.05) is 19.1 Å². The summed E-state index contributed by atoms with van der Waals surface area (Å²) < 4.78 is 26.6. The number of hydrogen-bond acceptors (Lipinski definition) is 4. The molecular weight excluding hydrogens is 250 g/mol. The van der Waals surface area contributed by atoms with Crippen molar-refractivity contribution in [3.05, 3.63) is 29.8 Å². The van der Waals surface area contributed by atoms with Gasteiger partial charge in [0.2, 0.25) is 10.0 Å². The lowest BCUT2D eigenvalue weighted by Gasteiger charge is -2.14. The molecule has 102 valence electrons. The summed E-state index contributed by atoms with van der Waals surface area (Å²) in [7, 11) is -1.48. The summed E-state index contributed by atoms with van der Waals surface area (Å²) in [5.74, 6) is 0. The van der Waals surface area contributed by atoms with E-state index >= 15 is 0 Å². The molecule has 1 aromatic carbocycles. The van der Waals surface area contributed by atoms with Crippen LogP contribution < -0.4 is 10.5 Å². The molecule has 0 aliphatic heterocycles. The van der Waals surface area contributed by atoms with Crippen molar-refractivity contribution in [1.82, 2.24) is 9.62 Å². The van der Waals surface area contributed by atoms with Gasteiger partial charge in [0.1, 0.15) is 0 Å². The van der Waals surface area contributed by atoms with Crippen molar-refractivity contribution in [3.8, 4) is 0 Å². The summed E-state index contributed by atoms with van der Waals surface area (Å²) in [4.78, 5) is 2.31. The molecule has 0 atom stereocenters. The maximum Gasteiger partial charge on any atom is 0.240 e. The predicted octanol–water partition coefficient (Wildman–Crippen LogP) is 0.375. The molecule has 0 saturated carbocycles. The second-order valence-electron chi connectivity index (χ2n) is 4.15. The Morgan fingerprint density at radius 3 is 2.72 bits per heavy atom. The number of benzene rings is 1. The Bertz CT molecular complexity index is 474. The van der Waals surface area contributed by atoms with Crippen LogP contribution in [-0.2, 0) is 16.6 Å². The van der Waals surface area contributed by atoms with Gasteiger partial charge in [-0.05, 0) is 31.3 Å². The highest BCUT2D eigenvalue weighted by atomic mass is 32.2. The van der Waals surface area contributed by atoms with Crippen molar-refractivity contribution < 1.29 is 8.42 Å². The number of sulfonamides is 1. The lowest BCUT2D eigenvalue weighted by atomic mass is 10.2. The highest BCUT2D eigenvalue weighted by Gasteiger charge is 2.13. The Hall–Kier alpha value is -0.950. The van der Waals surface area contributed by atoms with Crippen LogP contribution in [0.2, 0.25) is 0 Å². The minimum atomic E-state index is -3.43. The molecule has 1 rings (SSSR count). The van der Waals surface area contributed by atoms with E-state index in [1.165, 1.54) is 0 Å². The largest absolute Gasteiger partial charge is 0.326 e. The summed E-state index contributed by atoms with van der Waals surface area (Å²) in [6.45, 7) is 4.34. The van der Waals surface area contributed by atoms with E-state index in [1.54, 1.807) is 18.2 Å². The number of nitrogens with zero attached hydrogens (tertiary/aromatic N) is 1. The van der Waals surface area contributed by atoms with Gasteiger partial charge in [0, 0.05) is 19.6 Å². The van der Waals surface area contributed by atoms with E-state index in [9.17, 15) is 8.42 Å². The Morgan fingerprint density at radius 2 is 2.11 bits per heavy atom.